The van der Waals surface area contributed by atoms with E-state index in [0.29, 0.717) is 42.0 Å². The maximum Gasteiger partial charge on any atom is 0.239 e. The van der Waals surface area contributed by atoms with Crippen molar-refractivity contribution in [2.24, 2.45) is 28.8 Å². The molecule has 2 aromatic rings. The molecule has 0 spiro atoms. The first-order valence-electron chi connectivity index (χ1n) is 19.9. The molecule has 1 aliphatic heterocycles. The van der Waals surface area contributed by atoms with Gasteiger partial charge in [0.25, 0.3) is 0 Å². The van der Waals surface area contributed by atoms with Crippen LogP contribution in [0.4, 0.5) is 4.39 Å². The van der Waals surface area contributed by atoms with Crippen molar-refractivity contribution >= 4 is 11.6 Å². The first-order valence-corrected chi connectivity index (χ1v) is 19.9. The Morgan fingerprint density at radius 2 is 1.84 bits per heavy atom. The Morgan fingerprint density at radius 3 is 2.55 bits per heavy atom. The molecule has 6 atom stereocenters. The lowest BCUT2D eigenvalue weighted by molar-refractivity contribution is -0.258. The van der Waals surface area contributed by atoms with E-state index in [2.05, 4.69) is 17.8 Å². The normalized spacial score (nSPS) is 26.0. The van der Waals surface area contributed by atoms with Crippen LogP contribution in [0.15, 0.2) is 71.9 Å². The number of rotatable bonds is 22. The lowest BCUT2D eigenvalue weighted by Crippen LogP contribution is -2.70. The van der Waals surface area contributed by atoms with E-state index in [0.717, 1.165) is 49.7 Å². The van der Waals surface area contributed by atoms with E-state index in [1.165, 1.54) is 13.2 Å². The summed E-state index contributed by atoms with van der Waals surface area (Å²) in [6.07, 6.45) is 10.5. The molecule has 2 fully saturated rings. The molecule has 0 aromatic heterocycles. The SMILES string of the molecule is C=CCOC12Oc3ccc(OCc4ccccc4F)cc3C3C(CCCCO)C(CCCCO)C=C(C(=NOC)CC1N(CCOCCO)C(=O)C1CC1)C32. The molecule has 3 N–H and O–H groups in total. The van der Waals surface area contributed by atoms with Gasteiger partial charge in [-0.15, -0.1) is 6.58 Å². The Hall–Kier alpha value is -3.81. The van der Waals surface area contributed by atoms with Crippen LogP contribution in [0.5, 0.6) is 11.5 Å². The Balaban J connectivity index is 1.53. The second-order valence-corrected chi connectivity index (χ2v) is 15.0. The number of nitrogens with zero attached hydrogens (tertiary/aromatic N) is 2. The van der Waals surface area contributed by atoms with Crippen LogP contribution in [0, 0.1) is 29.5 Å². The lowest BCUT2D eigenvalue weighted by Gasteiger charge is -2.60. The highest BCUT2D eigenvalue weighted by molar-refractivity contribution is 6.03. The van der Waals surface area contributed by atoms with Gasteiger partial charge in [-0.3, -0.25) is 4.79 Å². The molecule has 6 rings (SSSR count). The summed E-state index contributed by atoms with van der Waals surface area (Å²) in [4.78, 5) is 21.7. The number of ether oxygens (including phenoxy) is 4. The quantitative estimate of drug-likeness (QED) is 0.0759. The number of amides is 1. The third-order valence-corrected chi connectivity index (χ3v) is 11.5. The van der Waals surface area contributed by atoms with E-state index in [1.807, 2.05) is 23.1 Å². The van der Waals surface area contributed by atoms with Gasteiger partial charge >= 0.3 is 0 Å². The summed E-state index contributed by atoms with van der Waals surface area (Å²) >= 11 is 0. The van der Waals surface area contributed by atoms with Crippen LogP contribution >= 0.6 is 0 Å². The number of unbranched alkanes of at least 4 members (excludes halogenated alkanes) is 2. The third-order valence-electron chi connectivity index (χ3n) is 11.5. The van der Waals surface area contributed by atoms with Crippen molar-refractivity contribution in [3.63, 3.8) is 0 Å². The maximum atomic E-state index is 14.6. The van der Waals surface area contributed by atoms with E-state index in [1.54, 1.807) is 24.3 Å². The summed E-state index contributed by atoms with van der Waals surface area (Å²) in [5.74, 6) is -1.16. The standard InChI is InChI=1S/C43H57FN2O9/c1-3-22-54-43-39(46(18-23-52-24-21-49)42(50)29-14-15-29)27-37(45-51-2)34-25-30(10-6-8-19-47)33(12-7-9-20-48)40(41(34)43)35-26-32(16-17-38(35)55-43)53-28-31-11-4-5-13-36(31)44/h3-5,11,13,16-17,25-26,29-30,33,39-41,47-49H,1,6-10,12,14-15,18-24,27-28H2,2H3. The second-order valence-electron chi connectivity index (χ2n) is 15.0. The first-order chi connectivity index (χ1) is 26.9. The summed E-state index contributed by atoms with van der Waals surface area (Å²) in [5, 5.41) is 33.7. The highest BCUT2D eigenvalue weighted by Gasteiger charge is 2.65. The summed E-state index contributed by atoms with van der Waals surface area (Å²) in [5.41, 5.74) is 3.02. The number of carbonyl (C=O) groups excluding carboxylic acids is 1. The maximum absolute atomic E-state index is 14.6. The monoisotopic (exact) mass is 764 g/mol. The van der Waals surface area contributed by atoms with Crippen molar-refractivity contribution in [2.75, 3.05) is 53.3 Å². The zero-order valence-electron chi connectivity index (χ0n) is 32.0. The van der Waals surface area contributed by atoms with Gasteiger partial charge in [-0.25, -0.2) is 4.39 Å². The summed E-state index contributed by atoms with van der Waals surface area (Å²) in [6, 6.07) is 11.6. The van der Waals surface area contributed by atoms with E-state index in [9.17, 15) is 24.5 Å². The average Bonchev–Trinajstić information content (AvgIpc) is 4.05. The Bertz CT molecular complexity index is 1660. The minimum Gasteiger partial charge on any atom is -0.489 e. The van der Waals surface area contributed by atoms with Gasteiger partial charge in [-0.2, -0.15) is 0 Å². The fourth-order valence-corrected chi connectivity index (χ4v) is 8.94. The van der Waals surface area contributed by atoms with Crippen LogP contribution in [0.1, 0.15) is 74.8 Å². The molecular weight excluding hydrogens is 707 g/mol. The fourth-order valence-electron chi connectivity index (χ4n) is 8.94. The predicted molar refractivity (Wildman–Crippen MR) is 205 cm³/mol. The van der Waals surface area contributed by atoms with E-state index >= 15 is 0 Å². The number of hydrogen-bond donors (Lipinski definition) is 3. The van der Waals surface area contributed by atoms with Crippen LogP contribution in [0.2, 0.25) is 0 Å². The van der Waals surface area contributed by atoms with Crippen LogP contribution in [-0.2, 0) is 25.7 Å². The molecular formula is C43H57FN2O9. The molecule has 1 amide bonds. The van der Waals surface area contributed by atoms with Gasteiger partial charge in [0.15, 0.2) is 0 Å². The smallest absolute Gasteiger partial charge is 0.239 e. The zero-order chi connectivity index (χ0) is 38.8. The number of halogens is 1. The molecule has 2 saturated carbocycles. The molecule has 4 aliphatic rings. The minimum atomic E-state index is -1.37. The lowest BCUT2D eigenvalue weighted by atomic mass is 9.55. The van der Waals surface area contributed by atoms with Crippen LogP contribution in [-0.4, -0.2) is 97.0 Å². The Kier molecular flexibility index (Phi) is 14.4. The molecule has 12 heteroatoms. The topological polar surface area (TPSA) is 140 Å². The van der Waals surface area contributed by atoms with Gasteiger partial charge in [0, 0.05) is 49.1 Å². The molecule has 6 unspecified atom stereocenters. The molecule has 300 valence electrons. The van der Waals surface area contributed by atoms with Gasteiger partial charge < -0.3 is 44.0 Å². The van der Waals surface area contributed by atoms with E-state index < -0.39 is 17.7 Å². The van der Waals surface area contributed by atoms with Crippen molar-refractivity contribution < 1.29 is 48.3 Å². The molecule has 0 saturated heterocycles. The van der Waals surface area contributed by atoms with Crippen molar-refractivity contribution in [3.8, 4) is 11.5 Å². The van der Waals surface area contributed by atoms with Gasteiger partial charge in [0.2, 0.25) is 11.7 Å². The van der Waals surface area contributed by atoms with Crippen molar-refractivity contribution in [1.29, 1.82) is 0 Å². The van der Waals surface area contributed by atoms with Gasteiger partial charge in [0.05, 0.1) is 38.1 Å². The largest absolute Gasteiger partial charge is 0.489 e. The van der Waals surface area contributed by atoms with Crippen LogP contribution in [0.3, 0.4) is 0 Å². The molecule has 1 heterocycles. The van der Waals surface area contributed by atoms with Gasteiger partial charge in [-0.05, 0) is 80.2 Å². The summed E-state index contributed by atoms with van der Waals surface area (Å²) in [6.45, 7) is 4.89. The minimum absolute atomic E-state index is 0.00315. The highest BCUT2D eigenvalue weighted by Crippen LogP contribution is 2.62. The van der Waals surface area contributed by atoms with Crippen LogP contribution in [0.25, 0.3) is 0 Å². The van der Waals surface area contributed by atoms with Gasteiger partial charge in [-0.1, -0.05) is 48.3 Å². The van der Waals surface area contributed by atoms with E-state index in [-0.39, 0.29) is 88.2 Å². The Labute approximate surface area is 323 Å². The molecule has 11 nitrogen and oxygen atoms in total. The average molecular weight is 765 g/mol. The van der Waals surface area contributed by atoms with Crippen molar-refractivity contribution in [2.45, 2.75) is 82.1 Å². The Morgan fingerprint density at radius 1 is 1.05 bits per heavy atom. The number of aliphatic hydroxyl groups is 3. The predicted octanol–water partition coefficient (Wildman–Crippen LogP) is 5.92. The zero-order valence-corrected chi connectivity index (χ0v) is 32.0. The van der Waals surface area contributed by atoms with E-state index in [4.69, 9.17) is 23.8 Å². The third kappa shape index (κ3) is 9.10. The molecule has 3 aliphatic carbocycles. The molecule has 0 bridgehead atoms. The first kappa shape index (κ1) is 40.8. The number of fused-ring (bicyclic) bond motifs is 2. The van der Waals surface area contributed by atoms with Crippen LogP contribution < -0.4 is 9.47 Å². The number of oxime groups is 1. The van der Waals surface area contributed by atoms with Crippen molar-refractivity contribution in [1.82, 2.24) is 4.90 Å². The second kappa shape index (κ2) is 19.4. The highest BCUT2D eigenvalue weighted by atomic mass is 19.1. The number of aliphatic hydroxyl groups excluding tert-OH is 3. The number of hydrogen-bond acceptors (Lipinski definition) is 10. The fraction of sp³-hybridized carbons (Fsp3) is 0.581. The molecule has 2 aromatic carbocycles. The number of carbonyl (C=O) groups is 1. The van der Waals surface area contributed by atoms with Gasteiger partial charge in [0.1, 0.15) is 37.1 Å². The molecule has 0 radical (unpaired) electrons. The summed E-state index contributed by atoms with van der Waals surface area (Å²) in [7, 11) is 1.52. The van der Waals surface area contributed by atoms with Crippen molar-refractivity contribution in [3.05, 3.63) is 83.7 Å². The number of benzene rings is 2. The molecule has 55 heavy (non-hydrogen) atoms. The summed E-state index contributed by atoms with van der Waals surface area (Å²) < 4.78 is 40.8. The number of allylic oxidation sites excluding steroid dienone is 1.